The van der Waals surface area contributed by atoms with E-state index in [0.29, 0.717) is 18.0 Å². The van der Waals surface area contributed by atoms with Gasteiger partial charge in [-0.2, -0.15) is 0 Å². The van der Waals surface area contributed by atoms with Gasteiger partial charge in [0.05, 0.1) is 24.8 Å². The Bertz CT molecular complexity index is 1030. The van der Waals surface area contributed by atoms with Crippen LogP contribution in [0.4, 0.5) is 0 Å². The Hall–Kier alpha value is -2.41. The van der Waals surface area contributed by atoms with E-state index < -0.39 is 10.8 Å². The monoisotopic (exact) mass is 357 g/mol. The summed E-state index contributed by atoms with van der Waals surface area (Å²) in [5.74, 6) is 1.36. The molecule has 0 spiro atoms. The highest BCUT2D eigenvalue weighted by molar-refractivity contribution is 7.84. The Morgan fingerprint density at radius 2 is 2.16 bits per heavy atom. The Balaban J connectivity index is 1.91. The van der Waals surface area contributed by atoms with Crippen LogP contribution in [0.2, 0.25) is 0 Å². The summed E-state index contributed by atoms with van der Waals surface area (Å²) >= 11 is 0. The highest BCUT2D eigenvalue weighted by atomic mass is 32.2. The van der Waals surface area contributed by atoms with Crippen LogP contribution in [-0.4, -0.2) is 31.0 Å². The fourth-order valence-corrected chi connectivity index (χ4v) is 3.38. The van der Waals surface area contributed by atoms with Crippen molar-refractivity contribution in [1.29, 1.82) is 0 Å². The van der Waals surface area contributed by atoms with Crippen molar-refractivity contribution in [1.82, 2.24) is 14.0 Å². The van der Waals surface area contributed by atoms with E-state index in [1.807, 2.05) is 18.2 Å². The predicted octanol–water partition coefficient (Wildman–Crippen LogP) is 2.23. The van der Waals surface area contributed by atoms with Gasteiger partial charge in [-0.3, -0.25) is 13.4 Å². The van der Waals surface area contributed by atoms with Crippen LogP contribution in [-0.2, 0) is 17.8 Å². The molecule has 3 aromatic rings. The van der Waals surface area contributed by atoms with Crippen molar-refractivity contribution in [2.45, 2.75) is 17.7 Å². The van der Waals surface area contributed by atoms with E-state index in [9.17, 15) is 9.00 Å². The highest BCUT2D eigenvalue weighted by Gasteiger charge is 2.23. The number of hydrogen-bond donors (Lipinski definition) is 0. The third kappa shape index (κ3) is 3.00. The van der Waals surface area contributed by atoms with E-state index in [1.165, 1.54) is 17.4 Å². The highest BCUT2D eigenvalue weighted by Crippen LogP contribution is 2.35. The maximum absolute atomic E-state index is 12.3. The van der Waals surface area contributed by atoms with Crippen molar-refractivity contribution >= 4 is 16.3 Å². The molecule has 6 nitrogen and oxygen atoms in total. The molecule has 1 atom stereocenters. The topological polar surface area (TPSA) is 65.6 Å². The molecule has 25 heavy (non-hydrogen) atoms. The van der Waals surface area contributed by atoms with E-state index in [-0.39, 0.29) is 5.56 Å². The van der Waals surface area contributed by atoms with E-state index >= 15 is 0 Å². The molecule has 1 unspecified atom stereocenters. The van der Waals surface area contributed by atoms with Crippen molar-refractivity contribution in [3.8, 4) is 17.0 Å². The third-order valence-corrected chi connectivity index (χ3v) is 5.40. The fourth-order valence-electron chi connectivity index (χ4n) is 2.84. The first-order valence-electron chi connectivity index (χ1n) is 8.17. The summed E-state index contributed by atoms with van der Waals surface area (Å²) in [5.41, 5.74) is 1.98. The molecule has 1 aliphatic carbocycles. The van der Waals surface area contributed by atoms with Gasteiger partial charge < -0.3 is 9.30 Å². The van der Waals surface area contributed by atoms with E-state index in [2.05, 4.69) is 4.98 Å². The van der Waals surface area contributed by atoms with Crippen molar-refractivity contribution in [2.24, 2.45) is 13.0 Å². The molecule has 0 N–H and O–H groups in total. The van der Waals surface area contributed by atoms with Crippen LogP contribution in [0.1, 0.15) is 12.8 Å². The molecule has 2 aromatic heterocycles. The third-order valence-electron chi connectivity index (χ3n) is 4.48. The van der Waals surface area contributed by atoms with Crippen LogP contribution in [0.3, 0.4) is 0 Å². The number of imidazole rings is 1. The Labute approximate surface area is 147 Å². The lowest BCUT2D eigenvalue weighted by Gasteiger charge is -2.15. The van der Waals surface area contributed by atoms with E-state index in [0.717, 1.165) is 21.9 Å². The molecule has 0 bridgehead atoms. The van der Waals surface area contributed by atoms with Gasteiger partial charge in [-0.05, 0) is 37.0 Å². The summed E-state index contributed by atoms with van der Waals surface area (Å²) in [6.07, 6.45) is 9.00. The lowest BCUT2D eigenvalue weighted by molar-refractivity contribution is 0.300. The molecule has 7 heteroatoms. The lowest BCUT2D eigenvalue weighted by atomic mass is 10.1. The Morgan fingerprint density at radius 3 is 2.88 bits per heavy atom. The summed E-state index contributed by atoms with van der Waals surface area (Å²) in [6.45, 7) is 0.681. The summed E-state index contributed by atoms with van der Waals surface area (Å²) < 4.78 is 21.3. The molecule has 1 aromatic carbocycles. The zero-order valence-corrected chi connectivity index (χ0v) is 15.0. The van der Waals surface area contributed by atoms with Gasteiger partial charge in [0.1, 0.15) is 11.3 Å². The fraction of sp³-hybridized carbons (Fsp3) is 0.333. The maximum atomic E-state index is 12.3. The van der Waals surface area contributed by atoms with Gasteiger partial charge in [0, 0.05) is 40.8 Å². The summed E-state index contributed by atoms with van der Waals surface area (Å²) in [7, 11) is 0.609. The van der Waals surface area contributed by atoms with Crippen LogP contribution in [0.5, 0.6) is 5.75 Å². The number of fused-ring (bicyclic) bond motifs is 1. The zero-order valence-electron chi connectivity index (χ0n) is 14.1. The smallest absolute Gasteiger partial charge is 0.276 e. The molecule has 0 amide bonds. The lowest BCUT2D eigenvalue weighted by Crippen LogP contribution is -2.19. The number of hydrogen-bond acceptors (Lipinski definition) is 4. The van der Waals surface area contributed by atoms with Crippen molar-refractivity contribution in [3.05, 3.63) is 47.3 Å². The molecule has 0 aliphatic heterocycles. The number of rotatable bonds is 5. The molecule has 1 saturated carbocycles. The van der Waals surface area contributed by atoms with E-state index in [1.54, 1.807) is 36.4 Å². The molecule has 130 valence electrons. The summed E-state index contributed by atoms with van der Waals surface area (Å²) in [6, 6.07) is 5.56. The number of ether oxygens (including phenoxy) is 1. The molecule has 2 heterocycles. The molecule has 0 radical (unpaired) electrons. The first-order valence-corrected chi connectivity index (χ1v) is 9.72. The van der Waals surface area contributed by atoms with Crippen LogP contribution in [0.25, 0.3) is 16.8 Å². The summed E-state index contributed by atoms with van der Waals surface area (Å²) in [5, 5.41) is 0. The first kappa shape index (κ1) is 16.1. The maximum Gasteiger partial charge on any atom is 0.276 e. The molecule has 1 aliphatic rings. The zero-order chi connectivity index (χ0) is 17.6. The van der Waals surface area contributed by atoms with Crippen LogP contribution < -0.4 is 10.3 Å². The average molecular weight is 357 g/mol. The number of benzene rings is 1. The molecule has 1 fully saturated rings. The summed E-state index contributed by atoms with van der Waals surface area (Å²) in [4.78, 5) is 17.1. The minimum atomic E-state index is -1.10. The SMILES string of the molecule is Cn1cc(-c2cc(S(C)=O)ccc2OCC2CC2)n2cncc2c1=O. The minimum Gasteiger partial charge on any atom is -0.493 e. The number of nitrogens with zero attached hydrogens (tertiary/aromatic N) is 3. The van der Waals surface area contributed by atoms with Gasteiger partial charge in [0.25, 0.3) is 5.56 Å². The van der Waals surface area contributed by atoms with Crippen molar-refractivity contribution in [3.63, 3.8) is 0 Å². The minimum absolute atomic E-state index is 0.114. The van der Waals surface area contributed by atoms with Gasteiger partial charge >= 0.3 is 0 Å². The Morgan fingerprint density at radius 1 is 1.36 bits per heavy atom. The van der Waals surface area contributed by atoms with Crippen LogP contribution in [0, 0.1) is 5.92 Å². The average Bonchev–Trinajstić information content (AvgIpc) is 3.30. The first-order chi connectivity index (χ1) is 12.0. The second kappa shape index (κ2) is 6.15. The van der Waals surface area contributed by atoms with Gasteiger partial charge in [-0.25, -0.2) is 4.98 Å². The van der Waals surface area contributed by atoms with Crippen molar-refractivity contribution in [2.75, 3.05) is 12.9 Å². The molecule has 0 saturated heterocycles. The quantitative estimate of drug-likeness (QED) is 0.702. The van der Waals surface area contributed by atoms with Crippen LogP contribution >= 0.6 is 0 Å². The predicted molar refractivity (Wildman–Crippen MR) is 96.4 cm³/mol. The largest absolute Gasteiger partial charge is 0.493 e. The number of aromatic nitrogens is 3. The standard InChI is InChI=1S/C18H19N3O3S/c1-20-9-16(21-11-19-8-15(21)18(20)22)14-7-13(25(2)23)5-6-17(14)24-10-12-3-4-12/h5-9,11-12H,3-4,10H2,1-2H3. The second-order valence-electron chi connectivity index (χ2n) is 6.45. The number of aryl methyl sites for hydroxylation is 1. The molecular formula is C18H19N3O3S. The normalized spacial score (nSPS) is 15.4. The van der Waals surface area contributed by atoms with Gasteiger partial charge in [-0.15, -0.1) is 0 Å². The Kier molecular flexibility index (Phi) is 3.95. The van der Waals surface area contributed by atoms with Crippen molar-refractivity contribution < 1.29 is 8.95 Å². The van der Waals surface area contributed by atoms with Gasteiger partial charge in [-0.1, -0.05) is 0 Å². The van der Waals surface area contributed by atoms with Gasteiger partial charge in [0.2, 0.25) is 0 Å². The molecule has 4 rings (SSSR count). The van der Waals surface area contributed by atoms with Crippen LogP contribution in [0.15, 0.2) is 46.6 Å². The molecular weight excluding hydrogens is 338 g/mol. The second-order valence-corrected chi connectivity index (χ2v) is 7.83. The van der Waals surface area contributed by atoms with E-state index in [4.69, 9.17) is 4.74 Å². The van der Waals surface area contributed by atoms with Gasteiger partial charge in [0.15, 0.2) is 0 Å².